The van der Waals surface area contributed by atoms with Gasteiger partial charge in [-0.1, -0.05) is 24.3 Å². The second-order valence-electron chi connectivity index (χ2n) is 7.39. The number of aryl methyl sites for hydroxylation is 2. The smallest absolute Gasteiger partial charge is 0.222 e. The minimum absolute atomic E-state index is 0.0376. The highest BCUT2D eigenvalue weighted by atomic mass is 19.1. The average Bonchev–Trinajstić information content (AvgIpc) is 3.08. The quantitative estimate of drug-likeness (QED) is 0.647. The summed E-state index contributed by atoms with van der Waals surface area (Å²) in [6.45, 7) is 3.40. The molecule has 148 valence electrons. The van der Waals surface area contributed by atoms with Crippen molar-refractivity contribution in [3.05, 3.63) is 65.6 Å². The van der Waals surface area contributed by atoms with Crippen LogP contribution in [-0.4, -0.2) is 41.2 Å². The third-order valence-electron chi connectivity index (χ3n) is 4.93. The monoisotopic (exact) mass is 382 g/mol. The minimum atomic E-state index is -0.276. The van der Waals surface area contributed by atoms with E-state index in [2.05, 4.69) is 28.3 Å². The zero-order valence-corrected chi connectivity index (χ0v) is 16.7. The van der Waals surface area contributed by atoms with E-state index < -0.39 is 0 Å². The Bertz CT molecular complexity index is 933. The Morgan fingerprint density at radius 3 is 2.68 bits per heavy atom. The van der Waals surface area contributed by atoms with Gasteiger partial charge in [-0.3, -0.25) is 9.48 Å². The number of nitrogens with zero attached hydrogens (tertiary/aromatic N) is 3. The van der Waals surface area contributed by atoms with E-state index >= 15 is 0 Å². The van der Waals surface area contributed by atoms with E-state index in [1.54, 1.807) is 12.1 Å². The lowest BCUT2D eigenvalue weighted by Gasteiger charge is -2.21. The predicted octanol–water partition coefficient (Wildman–Crippen LogP) is 3.68. The number of fused-ring (bicyclic) bond motifs is 1. The molecule has 1 heterocycles. The molecule has 0 bridgehead atoms. The van der Waals surface area contributed by atoms with Gasteiger partial charge in [0.05, 0.1) is 24.3 Å². The Kier molecular flexibility index (Phi) is 6.41. The molecule has 0 saturated heterocycles. The van der Waals surface area contributed by atoms with Crippen LogP contribution >= 0.6 is 0 Å². The van der Waals surface area contributed by atoms with E-state index in [0.717, 1.165) is 29.4 Å². The summed E-state index contributed by atoms with van der Waals surface area (Å²) < 4.78 is 15.1. The molecule has 3 rings (SSSR count). The van der Waals surface area contributed by atoms with E-state index in [9.17, 15) is 9.18 Å². The van der Waals surface area contributed by atoms with Gasteiger partial charge >= 0.3 is 0 Å². The maximum absolute atomic E-state index is 13.3. The van der Waals surface area contributed by atoms with E-state index in [4.69, 9.17) is 0 Å². The Labute approximate surface area is 165 Å². The highest BCUT2D eigenvalue weighted by Gasteiger charge is 2.16. The number of halogens is 1. The van der Waals surface area contributed by atoms with Gasteiger partial charge in [0.1, 0.15) is 5.82 Å². The molecule has 0 fully saturated rings. The highest BCUT2D eigenvalue weighted by Crippen LogP contribution is 2.19. The Hall–Kier alpha value is -2.73. The Balaban J connectivity index is 1.65. The molecule has 0 aliphatic heterocycles. The van der Waals surface area contributed by atoms with E-state index in [1.165, 1.54) is 17.7 Å². The first-order chi connectivity index (χ1) is 13.4. The molecule has 3 aromatic rings. The lowest BCUT2D eigenvalue weighted by Crippen LogP contribution is -2.31. The number of carbonyl (C=O) groups is 1. The molecule has 1 N–H and O–H groups in total. The maximum atomic E-state index is 13.3. The zero-order valence-electron chi connectivity index (χ0n) is 16.7. The van der Waals surface area contributed by atoms with Crippen LogP contribution in [0.15, 0.2) is 48.7 Å². The van der Waals surface area contributed by atoms with Gasteiger partial charge in [0.2, 0.25) is 5.91 Å². The van der Waals surface area contributed by atoms with Crippen molar-refractivity contribution in [3.63, 3.8) is 0 Å². The molecule has 28 heavy (non-hydrogen) atoms. The van der Waals surface area contributed by atoms with Crippen LogP contribution in [0.2, 0.25) is 0 Å². The summed E-state index contributed by atoms with van der Waals surface area (Å²) in [6.07, 6.45) is 2.94. The first kappa shape index (κ1) is 20.0. The molecular weight excluding hydrogens is 355 g/mol. The van der Waals surface area contributed by atoms with Crippen molar-refractivity contribution in [3.8, 4) is 0 Å². The number of hydrogen-bond acceptors (Lipinski definition) is 3. The van der Waals surface area contributed by atoms with Gasteiger partial charge in [0.25, 0.3) is 0 Å². The fourth-order valence-electron chi connectivity index (χ4n) is 3.30. The highest BCUT2D eigenvalue weighted by molar-refractivity contribution is 5.82. The van der Waals surface area contributed by atoms with E-state index in [1.807, 2.05) is 37.1 Å². The van der Waals surface area contributed by atoms with Crippen LogP contribution in [0.1, 0.15) is 30.0 Å². The van der Waals surface area contributed by atoms with Crippen LogP contribution < -0.4 is 5.32 Å². The van der Waals surface area contributed by atoms with Crippen LogP contribution in [0.5, 0.6) is 0 Å². The van der Waals surface area contributed by atoms with Crippen LogP contribution in [0.3, 0.4) is 0 Å². The van der Waals surface area contributed by atoms with Crippen molar-refractivity contribution in [1.29, 1.82) is 0 Å². The van der Waals surface area contributed by atoms with Crippen molar-refractivity contribution >= 4 is 16.8 Å². The topological polar surface area (TPSA) is 50.2 Å². The summed E-state index contributed by atoms with van der Waals surface area (Å²) in [5.74, 6) is -0.313. The van der Waals surface area contributed by atoms with Crippen LogP contribution in [0, 0.1) is 12.7 Å². The van der Waals surface area contributed by atoms with E-state index in [-0.39, 0.29) is 17.8 Å². The first-order valence-electron chi connectivity index (χ1n) is 9.55. The summed E-state index contributed by atoms with van der Waals surface area (Å²) >= 11 is 0. The second kappa shape index (κ2) is 8.97. The minimum Gasteiger partial charge on any atom is -0.349 e. The molecule has 5 nitrogen and oxygen atoms in total. The van der Waals surface area contributed by atoms with Gasteiger partial charge < -0.3 is 10.2 Å². The summed E-state index contributed by atoms with van der Waals surface area (Å²) in [5.41, 5.74) is 3.13. The number of amides is 1. The van der Waals surface area contributed by atoms with Gasteiger partial charge in [-0.25, -0.2) is 4.39 Å². The van der Waals surface area contributed by atoms with Gasteiger partial charge in [-0.05, 0) is 63.3 Å². The standard InChI is InChI=1S/C22H27FN4O/c1-16-5-4-6-21-19(16)15-24-27(21)14-12-22(28)25-20(11-13-26(2)3)17-7-9-18(23)10-8-17/h4-10,15,20H,11-14H2,1-3H3,(H,25,28). The number of hydrogen-bond donors (Lipinski definition) is 1. The molecule has 0 aliphatic carbocycles. The molecule has 0 radical (unpaired) electrons. The van der Waals surface area contributed by atoms with Gasteiger partial charge in [0.15, 0.2) is 0 Å². The molecule has 0 spiro atoms. The molecule has 1 atom stereocenters. The molecule has 1 unspecified atom stereocenters. The summed E-state index contributed by atoms with van der Waals surface area (Å²) in [5, 5.41) is 8.63. The van der Waals surface area contributed by atoms with Crippen molar-refractivity contribution in [2.75, 3.05) is 20.6 Å². The Morgan fingerprint density at radius 1 is 1.21 bits per heavy atom. The third kappa shape index (κ3) is 4.95. The SMILES string of the molecule is Cc1cccc2c1cnn2CCC(=O)NC(CCN(C)C)c1ccc(F)cc1. The number of aromatic nitrogens is 2. The number of nitrogens with one attached hydrogen (secondary N) is 1. The molecule has 6 heteroatoms. The molecule has 2 aromatic carbocycles. The van der Waals surface area contributed by atoms with Gasteiger partial charge in [-0.15, -0.1) is 0 Å². The Morgan fingerprint density at radius 2 is 1.96 bits per heavy atom. The average molecular weight is 382 g/mol. The molecule has 0 aliphatic rings. The number of benzene rings is 2. The number of carbonyl (C=O) groups excluding carboxylic acids is 1. The van der Waals surface area contributed by atoms with Crippen molar-refractivity contribution in [2.45, 2.75) is 32.4 Å². The van der Waals surface area contributed by atoms with Gasteiger partial charge in [-0.2, -0.15) is 5.10 Å². The maximum Gasteiger partial charge on any atom is 0.222 e. The van der Waals surface area contributed by atoms with Crippen LogP contribution in [0.25, 0.3) is 10.9 Å². The normalized spacial score (nSPS) is 12.5. The fourth-order valence-corrected chi connectivity index (χ4v) is 3.30. The second-order valence-corrected chi connectivity index (χ2v) is 7.39. The first-order valence-corrected chi connectivity index (χ1v) is 9.55. The fraction of sp³-hybridized carbons (Fsp3) is 0.364. The van der Waals surface area contributed by atoms with Crippen LogP contribution in [-0.2, 0) is 11.3 Å². The number of rotatable bonds is 8. The van der Waals surface area contributed by atoms with Gasteiger partial charge in [0, 0.05) is 11.8 Å². The largest absolute Gasteiger partial charge is 0.349 e. The summed E-state index contributed by atoms with van der Waals surface area (Å²) in [6, 6.07) is 12.3. The molecule has 1 aromatic heterocycles. The summed E-state index contributed by atoms with van der Waals surface area (Å²) in [4.78, 5) is 14.7. The van der Waals surface area contributed by atoms with Crippen molar-refractivity contribution in [1.82, 2.24) is 20.0 Å². The lowest BCUT2D eigenvalue weighted by atomic mass is 10.0. The van der Waals surface area contributed by atoms with Crippen molar-refractivity contribution < 1.29 is 9.18 Å². The third-order valence-corrected chi connectivity index (χ3v) is 4.93. The summed E-state index contributed by atoms with van der Waals surface area (Å²) in [7, 11) is 3.99. The predicted molar refractivity (Wildman–Crippen MR) is 110 cm³/mol. The lowest BCUT2D eigenvalue weighted by molar-refractivity contribution is -0.122. The molecule has 0 saturated carbocycles. The zero-order chi connectivity index (χ0) is 20.1. The van der Waals surface area contributed by atoms with Crippen LogP contribution in [0.4, 0.5) is 4.39 Å². The van der Waals surface area contributed by atoms with E-state index in [0.29, 0.717) is 13.0 Å². The van der Waals surface area contributed by atoms with Crippen molar-refractivity contribution in [2.24, 2.45) is 0 Å². The molecular formula is C22H27FN4O. The molecule has 1 amide bonds.